The van der Waals surface area contributed by atoms with Crippen LogP contribution in [0.15, 0.2) is 46.9 Å². The highest BCUT2D eigenvalue weighted by Crippen LogP contribution is 2.30. The molecule has 23 heavy (non-hydrogen) atoms. The Morgan fingerprint density at radius 3 is 2.26 bits per heavy atom. The summed E-state index contributed by atoms with van der Waals surface area (Å²) in [4.78, 5) is 22.2. The van der Waals surface area contributed by atoms with Crippen molar-refractivity contribution in [1.29, 1.82) is 0 Å². The number of benzene rings is 2. The van der Waals surface area contributed by atoms with Crippen molar-refractivity contribution in [3.8, 4) is 0 Å². The van der Waals surface area contributed by atoms with E-state index in [-0.39, 0.29) is 16.9 Å². The van der Waals surface area contributed by atoms with Crippen LogP contribution in [0.2, 0.25) is 0 Å². The van der Waals surface area contributed by atoms with Crippen LogP contribution in [0, 0.1) is 10.1 Å². The number of hydrogen-bond acceptors (Lipinski definition) is 3. The molecule has 0 fully saturated rings. The van der Waals surface area contributed by atoms with Crippen molar-refractivity contribution >= 4 is 33.2 Å². The number of anilines is 1. The fraction of sp³-hybridized carbons (Fsp3) is 0.0714. The van der Waals surface area contributed by atoms with Gasteiger partial charge < -0.3 is 5.32 Å². The largest absolute Gasteiger partial charge is 0.416 e. The molecular formula is C14H8BrF3N2O3. The first-order valence-corrected chi connectivity index (χ1v) is 6.90. The van der Waals surface area contributed by atoms with Gasteiger partial charge in [0.1, 0.15) is 0 Å². The van der Waals surface area contributed by atoms with Gasteiger partial charge in [0, 0.05) is 22.3 Å². The van der Waals surface area contributed by atoms with Crippen LogP contribution >= 0.6 is 15.9 Å². The van der Waals surface area contributed by atoms with Gasteiger partial charge in [0.2, 0.25) is 0 Å². The van der Waals surface area contributed by atoms with Gasteiger partial charge in [-0.25, -0.2) is 0 Å². The molecule has 0 heterocycles. The smallest absolute Gasteiger partial charge is 0.322 e. The second-order valence-corrected chi connectivity index (χ2v) is 5.30. The Labute approximate surface area is 136 Å². The summed E-state index contributed by atoms with van der Waals surface area (Å²) >= 11 is 3.10. The van der Waals surface area contributed by atoms with Crippen molar-refractivity contribution in [3.63, 3.8) is 0 Å². The molecular weight excluding hydrogens is 381 g/mol. The number of nitrogens with zero attached hydrogens (tertiary/aromatic N) is 1. The number of amides is 1. The molecule has 9 heteroatoms. The summed E-state index contributed by atoms with van der Waals surface area (Å²) < 4.78 is 37.7. The van der Waals surface area contributed by atoms with Crippen molar-refractivity contribution in [2.24, 2.45) is 0 Å². The molecule has 0 saturated heterocycles. The summed E-state index contributed by atoms with van der Waals surface area (Å²) in [6.45, 7) is 0. The maximum atomic E-state index is 12.5. The maximum Gasteiger partial charge on any atom is 0.416 e. The average Bonchev–Trinajstić information content (AvgIpc) is 2.47. The lowest BCUT2D eigenvalue weighted by Gasteiger charge is -2.09. The van der Waals surface area contributed by atoms with Crippen LogP contribution < -0.4 is 5.32 Å². The third-order valence-corrected chi connectivity index (χ3v) is 3.57. The van der Waals surface area contributed by atoms with Gasteiger partial charge in [-0.1, -0.05) is 0 Å². The molecule has 2 aromatic carbocycles. The van der Waals surface area contributed by atoms with Crippen molar-refractivity contribution < 1.29 is 22.9 Å². The molecule has 0 aliphatic heterocycles. The number of alkyl halides is 3. The first-order chi connectivity index (χ1) is 10.7. The van der Waals surface area contributed by atoms with Crippen molar-refractivity contribution in [1.82, 2.24) is 0 Å². The first kappa shape index (κ1) is 16.9. The summed E-state index contributed by atoms with van der Waals surface area (Å²) in [5.74, 6) is -0.680. The molecule has 0 unspecified atom stereocenters. The summed E-state index contributed by atoms with van der Waals surface area (Å²) in [5, 5.41) is 13.1. The van der Waals surface area contributed by atoms with Crippen LogP contribution in [-0.2, 0) is 6.18 Å². The van der Waals surface area contributed by atoms with E-state index in [1.54, 1.807) is 0 Å². The van der Waals surface area contributed by atoms with E-state index in [1.165, 1.54) is 12.1 Å². The molecule has 5 nitrogen and oxygen atoms in total. The van der Waals surface area contributed by atoms with Gasteiger partial charge in [0.05, 0.1) is 16.1 Å². The Morgan fingerprint density at radius 1 is 1.13 bits per heavy atom. The van der Waals surface area contributed by atoms with Gasteiger partial charge in [0.15, 0.2) is 0 Å². The van der Waals surface area contributed by atoms with Crippen LogP contribution in [0.1, 0.15) is 15.9 Å². The van der Waals surface area contributed by atoms with Crippen LogP contribution in [0.25, 0.3) is 0 Å². The molecule has 0 aromatic heterocycles. The molecule has 0 bridgehead atoms. The normalized spacial score (nSPS) is 11.1. The number of non-ortho nitro benzene ring substituents is 1. The average molecular weight is 389 g/mol. The molecule has 0 aliphatic carbocycles. The van der Waals surface area contributed by atoms with Crippen LogP contribution in [0.5, 0.6) is 0 Å². The number of rotatable bonds is 3. The summed E-state index contributed by atoms with van der Waals surface area (Å²) in [5.41, 5.74) is -0.974. The number of halogens is 4. The lowest BCUT2D eigenvalue weighted by atomic mass is 10.1. The molecule has 2 aromatic rings. The molecule has 120 valence electrons. The minimum atomic E-state index is -4.47. The van der Waals surface area contributed by atoms with E-state index in [4.69, 9.17) is 0 Å². The zero-order valence-corrected chi connectivity index (χ0v) is 12.8. The van der Waals surface area contributed by atoms with E-state index in [0.717, 1.165) is 30.3 Å². The highest BCUT2D eigenvalue weighted by atomic mass is 79.9. The van der Waals surface area contributed by atoms with E-state index < -0.39 is 22.6 Å². The van der Waals surface area contributed by atoms with Gasteiger partial charge in [-0.3, -0.25) is 14.9 Å². The lowest BCUT2D eigenvalue weighted by Crippen LogP contribution is -2.13. The van der Waals surface area contributed by atoms with Crippen molar-refractivity contribution in [2.75, 3.05) is 5.32 Å². The second-order valence-electron chi connectivity index (χ2n) is 4.45. The van der Waals surface area contributed by atoms with Gasteiger partial charge >= 0.3 is 6.18 Å². The summed E-state index contributed by atoms with van der Waals surface area (Å²) in [6.07, 6.45) is -4.47. The fourth-order valence-corrected chi connectivity index (χ4v) is 2.17. The standard InChI is InChI=1S/C14H8BrF3N2O3/c15-12-6-5-10(20(22)23)7-11(12)13(21)19-9-3-1-8(2-4-9)14(16,17)18/h1-7H,(H,19,21). The van der Waals surface area contributed by atoms with Crippen LogP contribution in [-0.4, -0.2) is 10.8 Å². The Morgan fingerprint density at radius 2 is 1.74 bits per heavy atom. The first-order valence-electron chi connectivity index (χ1n) is 6.11. The number of carbonyl (C=O) groups is 1. The molecule has 2 rings (SSSR count). The summed E-state index contributed by atoms with van der Waals surface area (Å²) in [6, 6.07) is 7.51. The second kappa shape index (κ2) is 6.37. The SMILES string of the molecule is O=C(Nc1ccc(C(F)(F)F)cc1)c1cc([N+](=O)[O-])ccc1Br. The van der Waals surface area contributed by atoms with E-state index in [9.17, 15) is 28.1 Å². The highest BCUT2D eigenvalue weighted by molar-refractivity contribution is 9.10. The number of nitro groups is 1. The van der Waals surface area contributed by atoms with E-state index in [0.29, 0.717) is 4.47 Å². The minimum Gasteiger partial charge on any atom is -0.322 e. The Bertz CT molecular complexity index is 761. The Hall–Kier alpha value is -2.42. The third kappa shape index (κ3) is 4.07. The molecule has 0 saturated carbocycles. The number of hydrogen-bond donors (Lipinski definition) is 1. The molecule has 0 spiro atoms. The lowest BCUT2D eigenvalue weighted by molar-refractivity contribution is -0.384. The summed E-state index contributed by atoms with van der Waals surface area (Å²) in [7, 11) is 0. The highest BCUT2D eigenvalue weighted by Gasteiger charge is 2.30. The predicted molar refractivity (Wildman–Crippen MR) is 80.2 cm³/mol. The number of carbonyl (C=O) groups excluding carboxylic acids is 1. The molecule has 1 amide bonds. The van der Waals surface area contributed by atoms with Crippen LogP contribution in [0.4, 0.5) is 24.5 Å². The number of nitrogens with one attached hydrogen (secondary N) is 1. The van der Waals surface area contributed by atoms with Gasteiger partial charge in [0.25, 0.3) is 11.6 Å². The molecule has 1 N–H and O–H groups in total. The molecule has 0 atom stereocenters. The quantitative estimate of drug-likeness (QED) is 0.615. The topological polar surface area (TPSA) is 72.2 Å². The van der Waals surface area contributed by atoms with E-state index in [2.05, 4.69) is 21.2 Å². The zero-order valence-electron chi connectivity index (χ0n) is 11.2. The van der Waals surface area contributed by atoms with Crippen LogP contribution in [0.3, 0.4) is 0 Å². The monoisotopic (exact) mass is 388 g/mol. The minimum absolute atomic E-state index is 0.000835. The molecule has 0 aliphatic rings. The molecule has 0 radical (unpaired) electrons. The Balaban J connectivity index is 2.22. The van der Waals surface area contributed by atoms with E-state index in [1.807, 2.05) is 0 Å². The number of nitro benzene ring substituents is 1. The van der Waals surface area contributed by atoms with Gasteiger partial charge in [-0.2, -0.15) is 13.2 Å². The third-order valence-electron chi connectivity index (χ3n) is 2.88. The van der Waals surface area contributed by atoms with Gasteiger partial charge in [-0.15, -0.1) is 0 Å². The van der Waals surface area contributed by atoms with Crippen molar-refractivity contribution in [3.05, 3.63) is 68.2 Å². The predicted octanol–water partition coefficient (Wildman–Crippen LogP) is 4.63. The van der Waals surface area contributed by atoms with Crippen molar-refractivity contribution in [2.45, 2.75) is 6.18 Å². The fourth-order valence-electron chi connectivity index (χ4n) is 1.74. The zero-order chi connectivity index (χ0) is 17.2. The van der Waals surface area contributed by atoms with E-state index >= 15 is 0 Å². The Kier molecular flexibility index (Phi) is 4.69. The van der Waals surface area contributed by atoms with Gasteiger partial charge in [-0.05, 0) is 46.3 Å². The maximum absolute atomic E-state index is 12.5.